The summed E-state index contributed by atoms with van der Waals surface area (Å²) in [5, 5.41) is 2.91. The standard InChI is InChI=1S/C23H22N2O3S/c1-16-11-13-18(14-12-16)17(2)24-23(26)15-25-21-9-5-3-7-19(21)20-8-4-6-10-22(20)29(25,27)28/h3-14,17H,15H2,1-2H3,(H,24,26)/t17-/m0/s1. The van der Waals surface area contributed by atoms with Crippen LogP contribution in [0.15, 0.2) is 77.7 Å². The van der Waals surface area contributed by atoms with Crippen molar-refractivity contribution in [1.82, 2.24) is 5.32 Å². The maximum Gasteiger partial charge on any atom is 0.265 e. The van der Waals surface area contributed by atoms with Crippen molar-refractivity contribution in [2.45, 2.75) is 24.8 Å². The van der Waals surface area contributed by atoms with E-state index in [2.05, 4.69) is 5.32 Å². The number of fused-ring (bicyclic) bond motifs is 3. The molecule has 148 valence electrons. The number of carbonyl (C=O) groups is 1. The van der Waals surface area contributed by atoms with E-state index in [0.29, 0.717) is 11.3 Å². The van der Waals surface area contributed by atoms with Crippen LogP contribution >= 0.6 is 0 Å². The molecule has 0 bridgehead atoms. The molecule has 3 aromatic carbocycles. The lowest BCUT2D eigenvalue weighted by atomic mass is 10.0. The number of nitrogens with one attached hydrogen (secondary N) is 1. The average molecular weight is 407 g/mol. The van der Waals surface area contributed by atoms with Gasteiger partial charge in [-0.3, -0.25) is 9.10 Å². The number of amides is 1. The number of hydrogen-bond acceptors (Lipinski definition) is 3. The van der Waals surface area contributed by atoms with Crippen molar-refractivity contribution < 1.29 is 13.2 Å². The van der Waals surface area contributed by atoms with Crippen molar-refractivity contribution in [1.29, 1.82) is 0 Å². The van der Waals surface area contributed by atoms with E-state index in [1.54, 1.807) is 30.3 Å². The number of anilines is 1. The highest BCUT2D eigenvalue weighted by atomic mass is 32.2. The van der Waals surface area contributed by atoms with Crippen LogP contribution in [-0.4, -0.2) is 20.9 Å². The van der Waals surface area contributed by atoms with Gasteiger partial charge in [-0.15, -0.1) is 0 Å². The number of rotatable bonds is 4. The number of benzene rings is 3. The summed E-state index contributed by atoms with van der Waals surface area (Å²) in [6.07, 6.45) is 0. The van der Waals surface area contributed by atoms with Crippen LogP contribution in [0.1, 0.15) is 24.1 Å². The van der Waals surface area contributed by atoms with E-state index < -0.39 is 10.0 Å². The van der Waals surface area contributed by atoms with Crippen molar-refractivity contribution >= 4 is 21.6 Å². The highest BCUT2D eigenvalue weighted by Gasteiger charge is 2.35. The van der Waals surface area contributed by atoms with Crippen molar-refractivity contribution in [3.05, 3.63) is 83.9 Å². The summed E-state index contributed by atoms with van der Waals surface area (Å²) in [5.41, 5.74) is 4.09. The van der Waals surface area contributed by atoms with Crippen molar-refractivity contribution in [2.75, 3.05) is 10.8 Å². The molecule has 0 radical (unpaired) electrons. The molecule has 1 aliphatic rings. The summed E-state index contributed by atoms with van der Waals surface area (Å²) in [6.45, 7) is 3.62. The van der Waals surface area contributed by atoms with Crippen molar-refractivity contribution in [3.8, 4) is 11.1 Å². The molecule has 1 heterocycles. The zero-order valence-electron chi connectivity index (χ0n) is 16.3. The normalized spacial score (nSPS) is 15.2. The Morgan fingerprint density at radius 1 is 0.931 bits per heavy atom. The summed E-state index contributed by atoms with van der Waals surface area (Å²) < 4.78 is 27.7. The molecular weight excluding hydrogens is 384 g/mol. The van der Waals surface area contributed by atoms with E-state index in [1.807, 2.05) is 56.3 Å². The lowest BCUT2D eigenvalue weighted by molar-refractivity contribution is -0.120. The number of aryl methyl sites for hydroxylation is 1. The molecule has 1 aliphatic heterocycles. The summed E-state index contributed by atoms with van der Waals surface area (Å²) in [4.78, 5) is 13.0. The highest BCUT2D eigenvalue weighted by Crippen LogP contribution is 2.42. The number of hydrogen-bond donors (Lipinski definition) is 1. The Bertz CT molecular complexity index is 1170. The van der Waals surface area contributed by atoms with Crippen LogP contribution in [0.25, 0.3) is 11.1 Å². The Labute approximate surface area is 171 Å². The van der Waals surface area contributed by atoms with Crippen molar-refractivity contribution in [2.24, 2.45) is 0 Å². The van der Waals surface area contributed by atoms with E-state index >= 15 is 0 Å². The number of carbonyl (C=O) groups excluding carboxylic acids is 1. The van der Waals surface area contributed by atoms with E-state index in [4.69, 9.17) is 0 Å². The van der Waals surface area contributed by atoms with Gasteiger partial charge in [-0.05, 0) is 31.5 Å². The van der Waals surface area contributed by atoms with Gasteiger partial charge in [-0.2, -0.15) is 0 Å². The van der Waals surface area contributed by atoms with Gasteiger partial charge in [0.05, 0.1) is 16.6 Å². The molecule has 0 unspecified atom stereocenters. The summed E-state index contributed by atoms with van der Waals surface area (Å²) in [7, 11) is -3.82. The fourth-order valence-electron chi connectivity index (χ4n) is 3.61. The second kappa shape index (κ2) is 7.37. The molecule has 1 atom stereocenters. The fraction of sp³-hybridized carbons (Fsp3) is 0.174. The Balaban J connectivity index is 1.63. The minimum atomic E-state index is -3.82. The molecule has 0 aliphatic carbocycles. The zero-order valence-corrected chi connectivity index (χ0v) is 17.1. The van der Waals surface area contributed by atoms with Crippen LogP contribution in [0.2, 0.25) is 0 Å². The molecule has 0 saturated carbocycles. The van der Waals surface area contributed by atoms with E-state index in [-0.39, 0.29) is 23.4 Å². The van der Waals surface area contributed by atoms with Crippen LogP contribution in [0.4, 0.5) is 5.69 Å². The maximum absolute atomic E-state index is 13.2. The van der Waals surface area contributed by atoms with Crippen LogP contribution in [-0.2, 0) is 14.8 Å². The van der Waals surface area contributed by atoms with Crippen LogP contribution < -0.4 is 9.62 Å². The summed E-state index contributed by atoms with van der Waals surface area (Å²) in [5.74, 6) is -0.351. The van der Waals surface area contributed by atoms with Crippen LogP contribution in [0.3, 0.4) is 0 Å². The molecule has 29 heavy (non-hydrogen) atoms. The van der Waals surface area contributed by atoms with Gasteiger partial charge in [0.15, 0.2) is 0 Å². The summed E-state index contributed by atoms with van der Waals surface area (Å²) in [6, 6.07) is 21.8. The molecule has 0 fully saturated rings. The molecule has 3 aromatic rings. The first-order valence-corrected chi connectivity index (χ1v) is 10.9. The van der Waals surface area contributed by atoms with Gasteiger partial charge >= 0.3 is 0 Å². The molecule has 1 N–H and O–H groups in total. The van der Waals surface area contributed by atoms with Gasteiger partial charge in [0.2, 0.25) is 5.91 Å². The maximum atomic E-state index is 13.2. The molecule has 5 nitrogen and oxygen atoms in total. The molecular formula is C23H22N2O3S. The quantitative estimate of drug-likeness (QED) is 0.711. The second-order valence-corrected chi connectivity index (χ2v) is 9.06. The first kappa shape index (κ1) is 19.2. The third kappa shape index (κ3) is 3.51. The van der Waals surface area contributed by atoms with Gasteiger partial charge in [0.1, 0.15) is 6.54 Å². The van der Waals surface area contributed by atoms with E-state index in [9.17, 15) is 13.2 Å². The largest absolute Gasteiger partial charge is 0.348 e. The van der Waals surface area contributed by atoms with Gasteiger partial charge in [0.25, 0.3) is 10.0 Å². The van der Waals surface area contributed by atoms with Gasteiger partial charge < -0.3 is 5.32 Å². The van der Waals surface area contributed by atoms with E-state index in [0.717, 1.165) is 16.7 Å². The Hall–Kier alpha value is -3.12. The molecule has 0 aromatic heterocycles. The predicted octanol–water partition coefficient (Wildman–Crippen LogP) is 4.05. The first-order valence-electron chi connectivity index (χ1n) is 9.45. The molecule has 0 spiro atoms. The monoisotopic (exact) mass is 406 g/mol. The third-order valence-corrected chi connectivity index (χ3v) is 6.98. The minimum Gasteiger partial charge on any atom is -0.348 e. The van der Waals surface area contributed by atoms with Crippen molar-refractivity contribution in [3.63, 3.8) is 0 Å². The molecule has 0 saturated heterocycles. The van der Waals surface area contributed by atoms with Crippen LogP contribution in [0.5, 0.6) is 0 Å². The van der Waals surface area contributed by atoms with Gasteiger partial charge in [-0.25, -0.2) is 8.42 Å². The van der Waals surface area contributed by atoms with Gasteiger partial charge in [-0.1, -0.05) is 66.2 Å². The molecule has 4 rings (SSSR count). The van der Waals surface area contributed by atoms with Gasteiger partial charge in [0, 0.05) is 11.1 Å². The fourth-order valence-corrected chi connectivity index (χ4v) is 5.26. The number of para-hydroxylation sites is 1. The zero-order chi connectivity index (χ0) is 20.6. The lowest BCUT2D eigenvalue weighted by Gasteiger charge is -2.31. The second-order valence-electron chi connectivity index (χ2n) is 7.22. The number of nitrogens with zero attached hydrogens (tertiary/aromatic N) is 1. The Morgan fingerprint density at radius 2 is 1.55 bits per heavy atom. The highest BCUT2D eigenvalue weighted by molar-refractivity contribution is 7.93. The lowest BCUT2D eigenvalue weighted by Crippen LogP contribution is -2.43. The molecule has 1 amide bonds. The Kier molecular flexibility index (Phi) is 4.88. The SMILES string of the molecule is Cc1ccc([C@H](C)NC(=O)CN2c3ccccc3-c3ccccc3S2(=O)=O)cc1. The Morgan fingerprint density at radius 3 is 2.28 bits per heavy atom. The smallest absolute Gasteiger partial charge is 0.265 e. The number of sulfonamides is 1. The predicted molar refractivity (Wildman–Crippen MR) is 114 cm³/mol. The topological polar surface area (TPSA) is 66.5 Å². The van der Waals surface area contributed by atoms with E-state index in [1.165, 1.54) is 4.31 Å². The third-order valence-electron chi connectivity index (χ3n) is 5.16. The minimum absolute atomic E-state index is 0.220. The first-order chi connectivity index (χ1) is 13.9. The average Bonchev–Trinajstić information content (AvgIpc) is 2.72. The molecule has 6 heteroatoms. The summed E-state index contributed by atoms with van der Waals surface area (Å²) >= 11 is 0. The van der Waals surface area contributed by atoms with Crippen LogP contribution in [0, 0.1) is 6.92 Å².